The molecule has 0 radical (unpaired) electrons. The second kappa shape index (κ2) is 9.31. The quantitative estimate of drug-likeness (QED) is 0.681. The highest BCUT2D eigenvalue weighted by atomic mass is 79.9. The largest absolute Gasteiger partial charge is 0.491 e. The average Bonchev–Trinajstić information content (AvgIpc) is 2.38. The van der Waals surface area contributed by atoms with Crippen LogP contribution in [0.25, 0.3) is 0 Å². The van der Waals surface area contributed by atoms with E-state index in [2.05, 4.69) is 21.2 Å². The Morgan fingerprint density at radius 2 is 1.89 bits per heavy atom. The maximum absolute atomic E-state index is 9.61. The average molecular weight is 332 g/mol. The fraction of sp³-hybridized carbons (Fsp3) is 0.571. The van der Waals surface area contributed by atoms with E-state index in [1.807, 2.05) is 38.1 Å². The zero-order chi connectivity index (χ0) is 14.1. The summed E-state index contributed by atoms with van der Waals surface area (Å²) < 4.78 is 11.9. The topological polar surface area (TPSA) is 50.7 Å². The predicted molar refractivity (Wildman–Crippen MR) is 79.6 cm³/mol. The highest BCUT2D eigenvalue weighted by Crippen LogP contribution is 2.15. The van der Waals surface area contributed by atoms with E-state index >= 15 is 0 Å². The number of halogens is 1. The molecular formula is C14H22BrNO3. The van der Waals surface area contributed by atoms with Crippen LogP contribution < -0.4 is 10.1 Å². The minimum absolute atomic E-state index is 0.323. The van der Waals surface area contributed by atoms with Gasteiger partial charge in [0.15, 0.2) is 0 Å². The molecule has 2 N–H and O–H groups in total. The number of hydrogen-bond donors (Lipinski definition) is 2. The summed E-state index contributed by atoms with van der Waals surface area (Å²) in [6.45, 7) is 5.90. The van der Waals surface area contributed by atoms with Crippen LogP contribution in [0.5, 0.6) is 5.75 Å². The summed E-state index contributed by atoms with van der Waals surface area (Å²) in [5.74, 6) is 0.814. The molecule has 0 amide bonds. The van der Waals surface area contributed by atoms with Crippen molar-refractivity contribution in [1.29, 1.82) is 0 Å². The fourth-order valence-corrected chi connectivity index (χ4v) is 1.66. The molecule has 4 nitrogen and oxygen atoms in total. The first-order valence-corrected chi connectivity index (χ1v) is 7.25. The second-order valence-corrected chi connectivity index (χ2v) is 5.51. The van der Waals surface area contributed by atoms with Gasteiger partial charge in [0.1, 0.15) is 12.4 Å². The summed E-state index contributed by atoms with van der Waals surface area (Å²) in [7, 11) is 0. The van der Waals surface area contributed by atoms with Gasteiger partial charge < -0.3 is 19.9 Å². The summed E-state index contributed by atoms with van der Waals surface area (Å²) in [6, 6.07) is 8.02. The molecular weight excluding hydrogens is 310 g/mol. The third-order valence-electron chi connectivity index (χ3n) is 2.38. The van der Waals surface area contributed by atoms with Crippen LogP contribution in [0, 0.1) is 0 Å². The van der Waals surface area contributed by atoms with E-state index in [1.165, 1.54) is 0 Å². The van der Waals surface area contributed by atoms with E-state index in [-0.39, 0.29) is 0 Å². The van der Waals surface area contributed by atoms with Gasteiger partial charge in [0.05, 0.1) is 19.3 Å². The van der Waals surface area contributed by atoms with Crippen LogP contribution in [-0.2, 0) is 4.74 Å². The smallest absolute Gasteiger partial charge is 0.119 e. The molecule has 108 valence electrons. The number of hydrogen-bond acceptors (Lipinski definition) is 4. The molecule has 0 bridgehead atoms. The molecule has 0 saturated carbocycles. The van der Waals surface area contributed by atoms with Crippen molar-refractivity contribution in [2.75, 3.05) is 26.4 Å². The van der Waals surface area contributed by atoms with Crippen molar-refractivity contribution in [3.8, 4) is 5.75 Å². The molecule has 0 saturated heterocycles. The third-order valence-corrected chi connectivity index (χ3v) is 2.91. The zero-order valence-corrected chi connectivity index (χ0v) is 13.0. The molecule has 1 rings (SSSR count). The summed E-state index contributed by atoms with van der Waals surface area (Å²) >= 11 is 3.37. The number of ether oxygens (including phenoxy) is 2. The Morgan fingerprint density at radius 1 is 1.21 bits per heavy atom. The Balaban J connectivity index is 2.03. The van der Waals surface area contributed by atoms with Crippen LogP contribution in [0.2, 0.25) is 0 Å². The van der Waals surface area contributed by atoms with Crippen molar-refractivity contribution in [3.05, 3.63) is 28.7 Å². The summed E-state index contributed by atoms with van der Waals surface area (Å²) in [5, 5.41) is 12.8. The molecule has 0 aliphatic carbocycles. The van der Waals surface area contributed by atoms with Gasteiger partial charge in [-0.3, -0.25) is 0 Å². The van der Waals surface area contributed by atoms with Gasteiger partial charge in [-0.25, -0.2) is 0 Å². The maximum atomic E-state index is 9.61. The first kappa shape index (κ1) is 16.4. The lowest BCUT2D eigenvalue weighted by atomic mass is 10.3. The fourth-order valence-electron chi connectivity index (χ4n) is 1.40. The lowest BCUT2D eigenvalue weighted by Gasteiger charge is -2.14. The molecule has 0 fully saturated rings. The van der Waals surface area contributed by atoms with Crippen molar-refractivity contribution in [1.82, 2.24) is 5.32 Å². The van der Waals surface area contributed by atoms with Gasteiger partial charge in [0, 0.05) is 17.1 Å². The molecule has 0 aliphatic rings. The third kappa shape index (κ3) is 8.21. The van der Waals surface area contributed by atoms with Crippen molar-refractivity contribution in [2.45, 2.75) is 26.0 Å². The molecule has 1 aromatic carbocycles. The van der Waals surface area contributed by atoms with E-state index in [4.69, 9.17) is 9.47 Å². The first-order chi connectivity index (χ1) is 9.08. The molecule has 0 aromatic heterocycles. The molecule has 19 heavy (non-hydrogen) atoms. The summed E-state index contributed by atoms with van der Waals surface area (Å²) in [4.78, 5) is 0. The van der Waals surface area contributed by atoms with Gasteiger partial charge in [-0.1, -0.05) is 29.8 Å². The van der Waals surface area contributed by atoms with Gasteiger partial charge in [0.2, 0.25) is 0 Å². The highest BCUT2D eigenvalue weighted by Gasteiger charge is 2.04. The van der Waals surface area contributed by atoms with Crippen molar-refractivity contribution < 1.29 is 14.6 Å². The Hall–Kier alpha value is -0.620. The number of aliphatic hydroxyl groups excluding tert-OH is 1. The molecule has 0 aliphatic heterocycles. The van der Waals surface area contributed by atoms with E-state index in [0.717, 1.165) is 10.2 Å². The molecule has 0 spiro atoms. The van der Waals surface area contributed by atoms with Gasteiger partial charge in [0.25, 0.3) is 0 Å². The van der Waals surface area contributed by atoms with E-state index < -0.39 is 6.10 Å². The minimum Gasteiger partial charge on any atom is -0.491 e. The number of benzene rings is 1. The van der Waals surface area contributed by atoms with Crippen molar-refractivity contribution in [3.63, 3.8) is 0 Å². The standard InChI is InChI=1S/C14H22BrNO3/c1-11(2)16-9-13(17)10-18-7-8-19-14-5-3-12(15)4-6-14/h3-6,11,13,16-17H,7-10H2,1-2H3/t13-/m1/s1. The van der Waals surface area contributed by atoms with Crippen LogP contribution in [0.1, 0.15) is 13.8 Å². The molecule has 1 atom stereocenters. The van der Waals surface area contributed by atoms with Crippen LogP contribution in [0.3, 0.4) is 0 Å². The molecule has 0 unspecified atom stereocenters. The van der Waals surface area contributed by atoms with Gasteiger partial charge in [-0.2, -0.15) is 0 Å². The maximum Gasteiger partial charge on any atom is 0.119 e. The SMILES string of the molecule is CC(C)NC[C@@H](O)COCCOc1ccc(Br)cc1. The Kier molecular flexibility index (Phi) is 8.05. The van der Waals surface area contributed by atoms with Crippen molar-refractivity contribution >= 4 is 15.9 Å². The Morgan fingerprint density at radius 3 is 2.53 bits per heavy atom. The van der Waals surface area contributed by atoms with E-state index in [1.54, 1.807) is 0 Å². The number of rotatable bonds is 9. The molecule has 5 heteroatoms. The lowest BCUT2D eigenvalue weighted by Crippen LogP contribution is -2.34. The van der Waals surface area contributed by atoms with Gasteiger partial charge >= 0.3 is 0 Å². The summed E-state index contributed by atoms with van der Waals surface area (Å²) in [6.07, 6.45) is -0.477. The van der Waals surface area contributed by atoms with Crippen molar-refractivity contribution in [2.24, 2.45) is 0 Å². The van der Waals surface area contributed by atoms with Crippen LogP contribution in [-0.4, -0.2) is 43.6 Å². The number of nitrogens with one attached hydrogen (secondary N) is 1. The monoisotopic (exact) mass is 331 g/mol. The molecule has 1 aromatic rings. The van der Waals surface area contributed by atoms with E-state index in [0.29, 0.717) is 32.4 Å². The Labute approximate surface area is 123 Å². The van der Waals surface area contributed by atoms with Crippen LogP contribution in [0.15, 0.2) is 28.7 Å². The summed E-state index contributed by atoms with van der Waals surface area (Å²) in [5.41, 5.74) is 0. The predicted octanol–water partition coefficient (Wildman–Crippen LogP) is 2.20. The van der Waals surface area contributed by atoms with Gasteiger partial charge in [-0.05, 0) is 24.3 Å². The Bertz CT molecular complexity index is 343. The normalized spacial score (nSPS) is 12.7. The van der Waals surface area contributed by atoms with Gasteiger partial charge in [-0.15, -0.1) is 0 Å². The van der Waals surface area contributed by atoms with E-state index in [9.17, 15) is 5.11 Å². The highest BCUT2D eigenvalue weighted by molar-refractivity contribution is 9.10. The second-order valence-electron chi connectivity index (χ2n) is 4.59. The molecule has 0 heterocycles. The first-order valence-electron chi connectivity index (χ1n) is 6.45. The van der Waals surface area contributed by atoms with Crippen LogP contribution in [0.4, 0.5) is 0 Å². The number of aliphatic hydroxyl groups is 1. The lowest BCUT2D eigenvalue weighted by molar-refractivity contribution is 0.0244. The van der Waals surface area contributed by atoms with Crippen LogP contribution >= 0.6 is 15.9 Å². The minimum atomic E-state index is -0.477. The zero-order valence-electron chi connectivity index (χ0n) is 11.4.